The highest BCUT2D eigenvalue weighted by Crippen LogP contribution is 2.34. The largest absolute Gasteiger partial charge is 0.461 e. The number of nitrogens with two attached hydrogens (primary N) is 1. The first kappa shape index (κ1) is 27.0. The Morgan fingerprint density at radius 3 is 2.36 bits per heavy atom. The monoisotopic (exact) mass is 506 g/mol. The lowest BCUT2D eigenvalue weighted by molar-refractivity contribution is -0.148. The van der Waals surface area contributed by atoms with E-state index in [0.717, 1.165) is 11.1 Å². The summed E-state index contributed by atoms with van der Waals surface area (Å²) in [4.78, 5) is 29.5. The summed E-state index contributed by atoms with van der Waals surface area (Å²) in [5.74, 6) is 0.685. The maximum absolute atomic E-state index is 11.5. The number of thioether (sulfide) groups is 1. The van der Waals surface area contributed by atoms with Crippen LogP contribution in [0.1, 0.15) is 54.5 Å². The van der Waals surface area contributed by atoms with Gasteiger partial charge in [0.2, 0.25) is 5.91 Å². The molecule has 1 aliphatic rings. The lowest BCUT2D eigenvalue weighted by atomic mass is 10.0. The predicted octanol–water partition coefficient (Wildman–Crippen LogP) is 2.79. The van der Waals surface area contributed by atoms with Gasteiger partial charge in [-0.3, -0.25) is 9.59 Å². The first-order valence-corrected chi connectivity index (χ1v) is 12.8. The van der Waals surface area contributed by atoms with Gasteiger partial charge in [-0.25, -0.2) is 4.98 Å². The number of nitrogens with zero attached hydrogens (tertiary/aromatic N) is 4. The number of carbonyl (C=O) groups excluding carboxylic acids is 2. The van der Waals surface area contributed by atoms with E-state index in [2.05, 4.69) is 17.5 Å². The first-order valence-electron chi connectivity index (χ1n) is 11.9. The van der Waals surface area contributed by atoms with Crippen LogP contribution in [0.5, 0.6) is 0 Å². The number of hydrogen-bond donors (Lipinski definition) is 2. The lowest BCUT2D eigenvalue weighted by Crippen LogP contribution is -2.39. The Morgan fingerprint density at radius 1 is 1.17 bits per heavy atom. The van der Waals surface area contributed by atoms with Crippen LogP contribution in [0.3, 0.4) is 0 Å². The first-order chi connectivity index (χ1) is 17.4. The highest BCUT2D eigenvalue weighted by Gasteiger charge is 2.27. The zero-order valence-corrected chi connectivity index (χ0v) is 21.4. The van der Waals surface area contributed by atoms with Crippen LogP contribution in [0.4, 0.5) is 5.82 Å². The Kier molecular flexibility index (Phi) is 9.69. The minimum atomic E-state index is -0.419. The van der Waals surface area contributed by atoms with E-state index in [9.17, 15) is 20.1 Å². The molecule has 188 valence electrons. The normalized spacial score (nSPS) is 13.5. The van der Waals surface area contributed by atoms with Gasteiger partial charge in [0.15, 0.2) is 0 Å². The van der Waals surface area contributed by atoms with Gasteiger partial charge in [0.1, 0.15) is 29.1 Å². The number of pyridine rings is 1. The summed E-state index contributed by atoms with van der Waals surface area (Å²) in [6.07, 6.45) is 1.58. The van der Waals surface area contributed by atoms with Crippen molar-refractivity contribution < 1.29 is 14.3 Å². The molecule has 0 spiro atoms. The molecular formula is C26H30N6O3S. The maximum Gasteiger partial charge on any atom is 0.319 e. The topological polar surface area (TPSA) is 145 Å². The van der Waals surface area contributed by atoms with Crippen LogP contribution >= 0.6 is 11.8 Å². The third kappa shape index (κ3) is 6.75. The van der Waals surface area contributed by atoms with Crippen molar-refractivity contribution in [3.8, 4) is 12.1 Å². The van der Waals surface area contributed by atoms with E-state index >= 15 is 0 Å². The Morgan fingerprint density at radius 2 is 1.81 bits per heavy atom. The van der Waals surface area contributed by atoms with Crippen LogP contribution in [-0.2, 0) is 33.0 Å². The zero-order chi connectivity index (χ0) is 26.1. The van der Waals surface area contributed by atoms with Gasteiger partial charge in [0, 0.05) is 45.2 Å². The molecule has 1 aliphatic heterocycles. The molecule has 9 nitrogen and oxygen atoms in total. The molecule has 0 saturated carbocycles. The number of rotatable bonds is 9. The summed E-state index contributed by atoms with van der Waals surface area (Å²) in [5, 5.41) is 23.2. The molecule has 2 heterocycles. The number of nitrogens with one attached hydrogen (secondary N) is 1. The van der Waals surface area contributed by atoms with Crippen molar-refractivity contribution in [1.82, 2.24) is 10.3 Å². The van der Waals surface area contributed by atoms with E-state index < -0.39 is 5.97 Å². The number of amides is 1. The number of benzene rings is 1. The molecule has 36 heavy (non-hydrogen) atoms. The molecule has 0 aliphatic carbocycles. The molecule has 1 saturated heterocycles. The number of nitriles is 2. The lowest BCUT2D eigenvalue weighted by Gasteiger charge is -2.33. The predicted molar refractivity (Wildman–Crippen MR) is 137 cm³/mol. The van der Waals surface area contributed by atoms with Crippen molar-refractivity contribution in [2.24, 2.45) is 5.73 Å². The molecule has 3 N–H and O–H groups in total. The summed E-state index contributed by atoms with van der Waals surface area (Å²) in [6.45, 7) is 4.91. The maximum atomic E-state index is 11.5. The molecule has 0 atom stereocenters. The summed E-state index contributed by atoms with van der Waals surface area (Å²) in [6, 6.07) is 12.5. The van der Waals surface area contributed by atoms with Gasteiger partial charge in [-0.1, -0.05) is 31.2 Å². The van der Waals surface area contributed by atoms with Crippen molar-refractivity contribution in [2.45, 2.75) is 56.5 Å². The summed E-state index contributed by atoms with van der Waals surface area (Å²) in [7, 11) is 0. The molecule has 0 bridgehead atoms. The van der Waals surface area contributed by atoms with E-state index in [1.807, 2.05) is 36.1 Å². The average molecular weight is 507 g/mol. The van der Waals surface area contributed by atoms with E-state index in [-0.39, 0.29) is 18.6 Å². The molecule has 1 amide bonds. The summed E-state index contributed by atoms with van der Waals surface area (Å²) < 4.78 is 5.37. The van der Waals surface area contributed by atoms with Crippen molar-refractivity contribution in [1.29, 1.82) is 10.5 Å². The fourth-order valence-electron chi connectivity index (χ4n) is 4.07. The van der Waals surface area contributed by atoms with Gasteiger partial charge in [-0.15, -0.1) is 11.8 Å². The van der Waals surface area contributed by atoms with Crippen LogP contribution in [0.25, 0.3) is 0 Å². The fourth-order valence-corrected chi connectivity index (χ4v) is 5.03. The molecule has 0 radical (unpaired) electrons. The molecule has 1 fully saturated rings. The van der Waals surface area contributed by atoms with E-state index in [4.69, 9.17) is 15.5 Å². The zero-order valence-electron chi connectivity index (χ0n) is 20.5. The van der Waals surface area contributed by atoms with E-state index in [1.165, 1.54) is 18.7 Å². The van der Waals surface area contributed by atoms with Gasteiger partial charge in [0.05, 0.1) is 17.7 Å². The van der Waals surface area contributed by atoms with Crippen LogP contribution in [0.15, 0.2) is 29.3 Å². The average Bonchev–Trinajstić information content (AvgIpc) is 2.90. The number of esters is 1. The smallest absolute Gasteiger partial charge is 0.319 e. The van der Waals surface area contributed by atoms with Crippen molar-refractivity contribution in [3.63, 3.8) is 0 Å². The molecule has 0 unspecified atom stereocenters. The molecular weight excluding hydrogens is 476 g/mol. The van der Waals surface area contributed by atoms with Crippen LogP contribution in [-0.4, -0.2) is 42.6 Å². The van der Waals surface area contributed by atoms with Gasteiger partial charge < -0.3 is 20.7 Å². The molecule has 3 rings (SSSR count). The number of ether oxygens (including phenoxy) is 1. The molecule has 1 aromatic heterocycles. The Hall–Kier alpha value is -3.60. The van der Waals surface area contributed by atoms with E-state index in [1.54, 1.807) is 0 Å². The number of carbonyl (C=O) groups is 2. The van der Waals surface area contributed by atoms with Gasteiger partial charge in [-0.2, -0.15) is 10.5 Å². The Bertz CT molecular complexity index is 1180. The minimum Gasteiger partial charge on any atom is -0.461 e. The van der Waals surface area contributed by atoms with E-state index in [0.29, 0.717) is 72.2 Å². The number of piperidine rings is 1. The van der Waals surface area contributed by atoms with Gasteiger partial charge in [-0.05, 0) is 23.1 Å². The second kappa shape index (κ2) is 12.9. The summed E-state index contributed by atoms with van der Waals surface area (Å²) >= 11 is 1.47. The van der Waals surface area contributed by atoms with Crippen molar-refractivity contribution in [3.05, 3.63) is 52.1 Å². The number of aromatic nitrogens is 1. The minimum absolute atomic E-state index is 0.0751. The third-order valence-electron chi connectivity index (χ3n) is 5.97. The van der Waals surface area contributed by atoms with Crippen molar-refractivity contribution in [2.75, 3.05) is 24.5 Å². The quantitative estimate of drug-likeness (QED) is 0.387. The second-order valence-electron chi connectivity index (χ2n) is 8.44. The Labute approximate surface area is 215 Å². The fraction of sp³-hybridized carbons (Fsp3) is 0.423. The van der Waals surface area contributed by atoms with Crippen LogP contribution in [0.2, 0.25) is 0 Å². The molecule has 2 aromatic rings. The van der Waals surface area contributed by atoms with Gasteiger partial charge in [0.25, 0.3) is 0 Å². The third-order valence-corrected chi connectivity index (χ3v) is 7.02. The van der Waals surface area contributed by atoms with Crippen LogP contribution in [0, 0.1) is 22.7 Å². The second-order valence-corrected chi connectivity index (χ2v) is 9.41. The van der Waals surface area contributed by atoms with Crippen LogP contribution < -0.4 is 16.0 Å². The highest BCUT2D eigenvalue weighted by molar-refractivity contribution is 7.98. The van der Waals surface area contributed by atoms with Crippen molar-refractivity contribution >= 4 is 29.5 Å². The number of hydrogen-bond acceptors (Lipinski definition) is 9. The molecule has 10 heteroatoms. The molecule has 1 aromatic carbocycles. The summed E-state index contributed by atoms with van der Waals surface area (Å²) in [5.41, 5.74) is 8.99. The Balaban J connectivity index is 1.81. The standard InChI is InChI=1S/C26H30N6O3S/c1-3-21-22(12-27)25(32-10-8-20(9-11-32)35-24(34)14-29)31-26(23(21)13-28)36-16-19-6-4-18(5-7-19)15-30-17(2)33/h4-7,20H,3,8-11,14-16,29H2,1-2H3,(H,30,33). The van der Waals surface area contributed by atoms with Gasteiger partial charge >= 0.3 is 5.97 Å². The highest BCUT2D eigenvalue weighted by atomic mass is 32.2. The number of anilines is 1. The SMILES string of the molecule is CCc1c(C#N)c(SCc2ccc(CNC(C)=O)cc2)nc(N2CCC(OC(=O)CN)CC2)c1C#N.